The summed E-state index contributed by atoms with van der Waals surface area (Å²) >= 11 is 0. The van der Waals surface area contributed by atoms with Crippen LogP contribution in [0.5, 0.6) is 0 Å². The molecule has 0 saturated heterocycles. The summed E-state index contributed by atoms with van der Waals surface area (Å²) in [5.74, 6) is 2.90. The van der Waals surface area contributed by atoms with Crippen LogP contribution in [0.2, 0.25) is 0 Å². The fraction of sp³-hybridized carbons (Fsp3) is 0.636. The van der Waals surface area contributed by atoms with E-state index in [9.17, 15) is 9.59 Å². The average molecular weight is 452 g/mol. The molecule has 6 aliphatic carbocycles. The molecule has 6 rings (SSSR count). The van der Waals surface area contributed by atoms with Gasteiger partial charge in [0.1, 0.15) is 0 Å². The summed E-state index contributed by atoms with van der Waals surface area (Å²) in [6.07, 6.45) is 3.92. The van der Waals surface area contributed by atoms with E-state index in [1.165, 1.54) is 12.8 Å². The number of rotatable bonds is 0. The zero-order valence-electron chi connectivity index (χ0n) is 16.6. The van der Waals surface area contributed by atoms with Crippen LogP contribution in [0.4, 0.5) is 0 Å². The third-order valence-corrected chi connectivity index (χ3v) is 7.36. The Morgan fingerprint density at radius 3 is 1.19 bits per heavy atom. The average Bonchev–Trinajstić information content (AvgIpc) is 2.62. The number of allylic oxidation sites excluding steroid dienone is 2. The minimum absolute atomic E-state index is 0. The number of fused-ring (bicyclic) bond motifs is 4. The minimum atomic E-state index is 0. The van der Waals surface area contributed by atoms with Crippen LogP contribution in [-0.2, 0) is 40.0 Å². The molecule has 0 radical (unpaired) electrons. The van der Waals surface area contributed by atoms with Crippen LogP contribution in [0.15, 0.2) is 24.3 Å². The smallest absolute Gasteiger partial charge is 0 e. The Balaban J connectivity index is 0.000000411. The van der Waals surface area contributed by atoms with Gasteiger partial charge in [-0.25, -0.2) is 0 Å². The number of carbonyl (C=O) groups excluding carboxylic acids is 2. The molecule has 146 valence electrons. The molecule has 27 heavy (non-hydrogen) atoms. The second-order valence-electron chi connectivity index (χ2n) is 8.92. The van der Waals surface area contributed by atoms with E-state index >= 15 is 0 Å². The van der Waals surface area contributed by atoms with Crippen molar-refractivity contribution < 1.29 is 40.0 Å². The molecule has 4 atom stereocenters. The van der Waals surface area contributed by atoms with Gasteiger partial charge in [0.2, 0.25) is 0 Å². The van der Waals surface area contributed by atoms with Crippen molar-refractivity contribution in [3.05, 3.63) is 37.6 Å². The van der Waals surface area contributed by atoms with E-state index in [4.69, 9.17) is 9.30 Å². The summed E-state index contributed by atoms with van der Waals surface area (Å²) in [4.78, 5) is 22.4. The molecule has 0 spiro atoms. The van der Waals surface area contributed by atoms with Gasteiger partial charge in [-0.05, 0) is 58.5 Å². The van der Waals surface area contributed by atoms with Gasteiger partial charge < -0.3 is 0 Å². The number of Topliss-reactive ketones (excluding diaryl/α,β-unsaturated/α-hetero) is 2. The van der Waals surface area contributed by atoms with Crippen LogP contribution in [0.1, 0.15) is 53.4 Å². The molecule has 0 aromatic rings. The predicted molar refractivity (Wildman–Crippen MR) is 96.1 cm³/mol. The van der Waals surface area contributed by atoms with Gasteiger partial charge in [0.15, 0.2) is 11.6 Å². The molecule has 0 heterocycles. The van der Waals surface area contributed by atoms with E-state index < -0.39 is 0 Å². The Labute approximate surface area is 176 Å². The summed E-state index contributed by atoms with van der Waals surface area (Å²) in [5, 5.41) is 0. The van der Waals surface area contributed by atoms with Crippen LogP contribution in [0.3, 0.4) is 0 Å². The number of hydrogen-bond acceptors (Lipinski definition) is 2. The largest absolute Gasteiger partial charge is 0 e. The normalized spacial score (nSPS) is 32.9. The number of carbonyl (C=O) groups is 2. The fourth-order valence-electron chi connectivity index (χ4n) is 5.01. The second kappa shape index (κ2) is 9.46. The molecule has 4 nitrogen and oxygen atoms in total. The molecule has 0 aromatic heterocycles. The van der Waals surface area contributed by atoms with Gasteiger partial charge in [-0.1, -0.05) is 40.9 Å². The Hall–Kier alpha value is -1.01. The van der Waals surface area contributed by atoms with Gasteiger partial charge in [-0.2, -0.15) is 0 Å². The standard InChI is InChI=1S/2C10H14O.2CO.Mo/c2*1-6-8-4-7(5-9(6)11)10(8,2)3;2*1-2;/h2*7-8H,1,4-5H2,2-3H3;;;/t2*7-,8+;;;/m11.../s1. The van der Waals surface area contributed by atoms with Crippen molar-refractivity contribution in [2.24, 2.45) is 34.5 Å². The van der Waals surface area contributed by atoms with Gasteiger partial charge in [-0.15, -0.1) is 0 Å². The maximum Gasteiger partial charge on any atom is 0 e. The van der Waals surface area contributed by atoms with Crippen molar-refractivity contribution in [1.29, 1.82) is 0 Å². The molecule has 6 aliphatic rings. The molecule has 0 amide bonds. The van der Waals surface area contributed by atoms with Gasteiger partial charge >= 0.3 is 22.6 Å². The maximum absolute atomic E-state index is 11.2. The Morgan fingerprint density at radius 2 is 1.04 bits per heavy atom. The number of ketones is 2. The molecule has 0 unspecified atom stereocenters. The summed E-state index contributed by atoms with van der Waals surface area (Å²) in [7, 11) is 0. The number of hydrogen-bond donors (Lipinski definition) is 0. The van der Waals surface area contributed by atoms with Crippen molar-refractivity contribution in [3.8, 4) is 0 Å². The summed E-state index contributed by atoms with van der Waals surface area (Å²) in [6.45, 7) is 25.7. The SMILES string of the molecule is C=C1C(=O)C[C@H]2C[C@@H]1C2(C)C.C=C1C(=O)C[C@H]2C[C@@H]1C2(C)C.[C-]#[O+].[C-]#[O+].[Mo]. The molecule has 0 aromatic carbocycles. The molecule has 6 fully saturated rings. The third-order valence-electron chi connectivity index (χ3n) is 7.36. The van der Waals surface area contributed by atoms with Gasteiger partial charge in [0.25, 0.3) is 0 Å². The topological polar surface area (TPSA) is 73.9 Å². The first kappa shape index (κ1) is 26.0. The van der Waals surface area contributed by atoms with Crippen LogP contribution in [0, 0.1) is 47.8 Å². The monoisotopic (exact) mass is 454 g/mol. The van der Waals surface area contributed by atoms with Crippen LogP contribution >= 0.6 is 0 Å². The van der Waals surface area contributed by atoms with E-state index in [1.807, 2.05) is 0 Å². The fourth-order valence-corrected chi connectivity index (χ4v) is 5.01. The zero-order valence-corrected chi connectivity index (χ0v) is 18.6. The molecule has 0 aliphatic heterocycles. The zero-order chi connectivity index (χ0) is 20.4. The van der Waals surface area contributed by atoms with Crippen molar-refractivity contribution in [3.63, 3.8) is 0 Å². The van der Waals surface area contributed by atoms with Gasteiger partial charge in [0.05, 0.1) is 0 Å². The van der Waals surface area contributed by atoms with Gasteiger partial charge in [0, 0.05) is 33.9 Å². The van der Waals surface area contributed by atoms with E-state index in [-0.39, 0.29) is 21.1 Å². The van der Waals surface area contributed by atoms with E-state index in [0.29, 0.717) is 46.1 Å². The van der Waals surface area contributed by atoms with Crippen LogP contribution in [-0.4, -0.2) is 11.6 Å². The van der Waals surface area contributed by atoms with Crippen molar-refractivity contribution in [2.45, 2.75) is 53.4 Å². The van der Waals surface area contributed by atoms with Crippen LogP contribution in [0.25, 0.3) is 0 Å². The predicted octanol–water partition coefficient (Wildman–Crippen LogP) is 4.28. The summed E-state index contributed by atoms with van der Waals surface area (Å²) in [6, 6.07) is 0. The molecule has 5 heteroatoms. The Morgan fingerprint density at radius 1 is 0.778 bits per heavy atom. The Kier molecular flexibility index (Phi) is 9.11. The van der Waals surface area contributed by atoms with Crippen molar-refractivity contribution >= 4 is 11.6 Å². The first-order chi connectivity index (χ1) is 12.1. The van der Waals surface area contributed by atoms with E-state index in [2.05, 4.69) is 54.2 Å². The minimum Gasteiger partial charge on any atom is 0 e. The molecular weight excluding hydrogens is 424 g/mol. The summed E-state index contributed by atoms with van der Waals surface area (Å²) in [5.41, 5.74) is 2.51. The Bertz CT molecular complexity index is 610. The molecule has 0 N–H and O–H groups in total. The molecular formula is C22H28MoO4. The first-order valence-corrected chi connectivity index (χ1v) is 8.91. The van der Waals surface area contributed by atoms with Crippen molar-refractivity contribution in [2.75, 3.05) is 0 Å². The maximum atomic E-state index is 11.2. The second-order valence-corrected chi connectivity index (χ2v) is 8.92. The first-order valence-electron chi connectivity index (χ1n) is 8.91. The van der Waals surface area contributed by atoms with E-state index in [1.54, 1.807) is 0 Å². The third kappa shape index (κ3) is 4.37. The van der Waals surface area contributed by atoms with E-state index in [0.717, 1.165) is 24.0 Å². The summed E-state index contributed by atoms with van der Waals surface area (Å²) < 4.78 is 15.0. The molecule has 6 saturated carbocycles. The van der Waals surface area contributed by atoms with Gasteiger partial charge in [-0.3, -0.25) is 9.59 Å². The molecule has 4 bridgehead atoms. The van der Waals surface area contributed by atoms with Crippen molar-refractivity contribution in [1.82, 2.24) is 0 Å². The van der Waals surface area contributed by atoms with Crippen LogP contribution < -0.4 is 0 Å². The quantitative estimate of drug-likeness (QED) is 0.238.